The highest BCUT2D eigenvalue weighted by atomic mass is 32.2. The molecule has 7 heteroatoms. The third-order valence-electron chi connectivity index (χ3n) is 1.99. The van der Waals surface area contributed by atoms with Crippen molar-refractivity contribution in [3.05, 3.63) is 24.3 Å². The quantitative estimate of drug-likeness (QED) is 0.836. The van der Waals surface area contributed by atoms with E-state index in [2.05, 4.69) is 10.0 Å². The third-order valence-corrected chi connectivity index (χ3v) is 3.97. The monoisotopic (exact) mass is 274 g/mol. The fourth-order valence-electron chi connectivity index (χ4n) is 1.16. The van der Waals surface area contributed by atoms with Crippen LogP contribution in [0.15, 0.2) is 29.2 Å². The zero-order valence-electron chi connectivity index (χ0n) is 9.56. The molecule has 17 heavy (non-hydrogen) atoms. The molecular weight excluding hydrogens is 260 g/mol. The number of hydrogen-bond donors (Lipinski definition) is 2. The Morgan fingerprint density at radius 1 is 1.29 bits per heavy atom. The standard InChI is InChI=1S/C10H14N2O3S2/c1-11-17(14,15)9-5-3-8(4-6-9)12-10(13)7-16-2/h3-6,11H,7H2,1-2H3,(H,12,13). The molecule has 0 radical (unpaired) electrons. The molecule has 0 aliphatic carbocycles. The molecule has 0 bridgehead atoms. The van der Waals surface area contributed by atoms with Crippen LogP contribution < -0.4 is 10.0 Å². The Morgan fingerprint density at radius 2 is 1.88 bits per heavy atom. The number of amides is 1. The average molecular weight is 274 g/mol. The topological polar surface area (TPSA) is 75.3 Å². The first-order valence-electron chi connectivity index (χ1n) is 4.82. The largest absolute Gasteiger partial charge is 0.325 e. The Hall–Kier alpha value is -1.05. The summed E-state index contributed by atoms with van der Waals surface area (Å²) in [6, 6.07) is 6.01. The van der Waals surface area contributed by atoms with Gasteiger partial charge in [-0.15, -0.1) is 0 Å². The van der Waals surface area contributed by atoms with Gasteiger partial charge in [0.05, 0.1) is 10.6 Å². The predicted molar refractivity (Wildman–Crippen MR) is 69.7 cm³/mol. The van der Waals surface area contributed by atoms with Crippen molar-refractivity contribution in [2.24, 2.45) is 0 Å². The summed E-state index contributed by atoms with van der Waals surface area (Å²) in [5, 5.41) is 2.66. The Kier molecular flexibility index (Phi) is 4.98. The van der Waals surface area contributed by atoms with Crippen molar-refractivity contribution in [3.63, 3.8) is 0 Å². The highest BCUT2D eigenvalue weighted by Gasteiger charge is 2.10. The zero-order chi connectivity index (χ0) is 12.9. The van der Waals surface area contributed by atoms with Crippen molar-refractivity contribution in [2.75, 3.05) is 24.4 Å². The molecule has 0 saturated carbocycles. The smallest absolute Gasteiger partial charge is 0.240 e. The fourth-order valence-corrected chi connectivity index (χ4v) is 2.23. The van der Waals surface area contributed by atoms with Crippen LogP contribution in [0.4, 0.5) is 5.69 Å². The number of thioether (sulfide) groups is 1. The van der Waals surface area contributed by atoms with Crippen LogP contribution in [0.3, 0.4) is 0 Å². The number of sulfonamides is 1. The molecule has 0 saturated heterocycles. The summed E-state index contributed by atoms with van der Waals surface area (Å²) in [5.41, 5.74) is 0.583. The summed E-state index contributed by atoms with van der Waals surface area (Å²) in [4.78, 5) is 11.5. The van der Waals surface area contributed by atoms with Crippen molar-refractivity contribution >= 4 is 33.4 Å². The summed E-state index contributed by atoms with van der Waals surface area (Å²) < 4.78 is 25.1. The van der Waals surface area contributed by atoms with Crippen LogP contribution in [0.1, 0.15) is 0 Å². The first kappa shape index (κ1) is 14.0. The van der Waals surface area contributed by atoms with E-state index in [0.29, 0.717) is 11.4 Å². The zero-order valence-corrected chi connectivity index (χ0v) is 11.2. The number of rotatable bonds is 5. The van der Waals surface area contributed by atoms with Crippen molar-refractivity contribution in [3.8, 4) is 0 Å². The maximum Gasteiger partial charge on any atom is 0.240 e. The summed E-state index contributed by atoms with van der Waals surface area (Å²) in [6.07, 6.45) is 1.84. The lowest BCUT2D eigenvalue weighted by molar-refractivity contribution is -0.113. The van der Waals surface area contributed by atoms with E-state index in [1.807, 2.05) is 6.26 Å². The summed E-state index contributed by atoms with van der Waals surface area (Å²) in [5.74, 6) is 0.262. The minimum atomic E-state index is -3.42. The predicted octanol–water partition coefficient (Wildman–Crippen LogP) is 0.896. The lowest BCUT2D eigenvalue weighted by atomic mass is 10.3. The minimum Gasteiger partial charge on any atom is -0.325 e. The molecule has 0 spiro atoms. The molecule has 0 unspecified atom stereocenters. The van der Waals surface area contributed by atoms with E-state index < -0.39 is 10.0 Å². The normalized spacial score (nSPS) is 11.2. The molecule has 0 aliphatic rings. The van der Waals surface area contributed by atoms with Gasteiger partial charge in [0.2, 0.25) is 15.9 Å². The van der Waals surface area contributed by atoms with Crippen molar-refractivity contribution in [1.29, 1.82) is 0 Å². The van der Waals surface area contributed by atoms with Crippen molar-refractivity contribution < 1.29 is 13.2 Å². The van der Waals surface area contributed by atoms with E-state index in [9.17, 15) is 13.2 Å². The third kappa shape index (κ3) is 4.03. The van der Waals surface area contributed by atoms with Crippen molar-refractivity contribution in [2.45, 2.75) is 4.90 Å². The van der Waals surface area contributed by atoms with Crippen LogP contribution in [0.2, 0.25) is 0 Å². The average Bonchev–Trinajstić information content (AvgIpc) is 2.30. The molecule has 0 aliphatic heterocycles. The van der Waals surface area contributed by atoms with Gasteiger partial charge in [-0.3, -0.25) is 4.79 Å². The second-order valence-corrected chi connectivity index (χ2v) is 5.97. The number of hydrogen-bond acceptors (Lipinski definition) is 4. The lowest BCUT2D eigenvalue weighted by Gasteiger charge is -2.06. The molecule has 0 atom stereocenters. The van der Waals surface area contributed by atoms with Gasteiger partial charge in [0.1, 0.15) is 0 Å². The van der Waals surface area contributed by atoms with Gasteiger partial charge in [-0.25, -0.2) is 13.1 Å². The molecule has 1 aromatic carbocycles. The van der Waals surface area contributed by atoms with Crippen LogP contribution in [0.25, 0.3) is 0 Å². The number of nitrogens with one attached hydrogen (secondary N) is 2. The second kappa shape index (κ2) is 6.04. The minimum absolute atomic E-state index is 0.110. The van der Waals surface area contributed by atoms with Gasteiger partial charge in [-0.2, -0.15) is 11.8 Å². The molecule has 94 valence electrons. The van der Waals surface area contributed by atoms with Gasteiger partial charge in [0.25, 0.3) is 0 Å². The Labute approximate surface area is 105 Å². The molecule has 1 aromatic rings. The van der Waals surface area contributed by atoms with Crippen molar-refractivity contribution in [1.82, 2.24) is 4.72 Å². The van der Waals surface area contributed by atoms with E-state index in [4.69, 9.17) is 0 Å². The molecular formula is C10H14N2O3S2. The molecule has 0 fully saturated rings. The Bertz CT molecular complexity index is 483. The summed E-state index contributed by atoms with van der Waals surface area (Å²) in [7, 11) is -2.07. The van der Waals surface area contributed by atoms with Crippen LogP contribution in [-0.2, 0) is 14.8 Å². The van der Waals surface area contributed by atoms with Gasteiger partial charge in [0.15, 0.2) is 0 Å². The van der Waals surface area contributed by atoms with Gasteiger partial charge in [0, 0.05) is 5.69 Å². The van der Waals surface area contributed by atoms with E-state index >= 15 is 0 Å². The van der Waals surface area contributed by atoms with Gasteiger partial charge < -0.3 is 5.32 Å². The molecule has 0 aromatic heterocycles. The SMILES string of the molecule is CNS(=O)(=O)c1ccc(NC(=O)CSC)cc1. The van der Waals surface area contributed by atoms with Gasteiger partial charge >= 0.3 is 0 Å². The maximum absolute atomic E-state index is 11.4. The van der Waals surface area contributed by atoms with E-state index in [-0.39, 0.29) is 10.8 Å². The fraction of sp³-hybridized carbons (Fsp3) is 0.300. The first-order valence-corrected chi connectivity index (χ1v) is 7.69. The molecule has 5 nitrogen and oxygen atoms in total. The highest BCUT2D eigenvalue weighted by Crippen LogP contribution is 2.13. The molecule has 0 heterocycles. The second-order valence-electron chi connectivity index (χ2n) is 3.21. The van der Waals surface area contributed by atoms with Crippen LogP contribution in [-0.4, -0.2) is 33.4 Å². The number of carbonyl (C=O) groups is 1. The highest BCUT2D eigenvalue weighted by molar-refractivity contribution is 7.99. The molecule has 1 rings (SSSR count). The maximum atomic E-state index is 11.4. The lowest BCUT2D eigenvalue weighted by Crippen LogP contribution is -2.18. The van der Waals surface area contributed by atoms with Crippen LogP contribution >= 0.6 is 11.8 Å². The first-order chi connectivity index (χ1) is 7.99. The summed E-state index contributed by atoms with van der Waals surface area (Å²) >= 11 is 1.42. The van der Waals surface area contributed by atoms with E-state index in [0.717, 1.165) is 0 Å². The Balaban J connectivity index is 2.79. The van der Waals surface area contributed by atoms with Crippen LogP contribution in [0.5, 0.6) is 0 Å². The molecule has 2 N–H and O–H groups in total. The molecule has 1 amide bonds. The van der Waals surface area contributed by atoms with Gasteiger partial charge in [-0.1, -0.05) is 0 Å². The Morgan fingerprint density at radius 3 is 2.35 bits per heavy atom. The summed E-state index contributed by atoms with van der Waals surface area (Å²) in [6.45, 7) is 0. The van der Waals surface area contributed by atoms with Crippen LogP contribution in [0, 0.1) is 0 Å². The van der Waals surface area contributed by atoms with E-state index in [1.54, 1.807) is 12.1 Å². The van der Waals surface area contributed by atoms with Gasteiger partial charge in [-0.05, 0) is 37.6 Å². The number of benzene rings is 1. The number of carbonyl (C=O) groups excluding carboxylic acids is 1. The number of anilines is 1. The van der Waals surface area contributed by atoms with E-state index in [1.165, 1.54) is 30.9 Å².